The third-order valence-corrected chi connectivity index (χ3v) is 4.62. The summed E-state index contributed by atoms with van der Waals surface area (Å²) in [6, 6.07) is 6.66. The Hall–Kier alpha value is -1.35. The number of anilines is 1. The smallest absolute Gasteiger partial charge is 0.0798 e. The van der Waals surface area contributed by atoms with Crippen LogP contribution in [0.3, 0.4) is 0 Å². The maximum absolute atomic E-state index is 4.29. The van der Waals surface area contributed by atoms with Crippen LogP contribution in [0.4, 0.5) is 5.69 Å². The first kappa shape index (κ1) is 11.7. The Labute approximate surface area is 112 Å². The summed E-state index contributed by atoms with van der Waals surface area (Å²) < 4.78 is 0. The van der Waals surface area contributed by atoms with Gasteiger partial charge in [0.05, 0.1) is 17.7 Å². The van der Waals surface area contributed by atoms with Gasteiger partial charge in [-0.15, -0.1) is 11.3 Å². The molecule has 1 aromatic heterocycles. The maximum Gasteiger partial charge on any atom is 0.0798 e. The first-order valence-corrected chi connectivity index (χ1v) is 7.46. The van der Waals surface area contributed by atoms with Crippen LogP contribution in [0.5, 0.6) is 0 Å². The first-order chi connectivity index (χ1) is 8.84. The number of aryl methyl sites for hydroxylation is 2. The summed E-state index contributed by atoms with van der Waals surface area (Å²) in [5, 5.41) is 3.59. The van der Waals surface area contributed by atoms with Gasteiger partial charge in [0.1, 0.15) is 0 Å². The number of fused-ring (bicyclic) bond motifs is 1. The molecule has 2 aromatic rings. The Morgan fingerprint density at radius 2 is 2.17 bits per heavy atom. The van der Waals surface area contributed by atoms with Crippen molar-refractivity contribution in [2.45, 2.75) is 39.2 Å². The lowest BCUT2D eigenvalue weighted by Crippen LogP contribution is -2.08. The summed E-state index contributed by atoms with van der Waals surface area (Å²) >= 11 is 1.73. The molecule has 0 amide bonds. The van der Waals surface area contributed by atoms with E-state index in [2.05, 4.69) is 35.4 Å². The van der Waals surface area contributed by atoms with Gasteiger partial charge in [0, 0.05) is 10.6 Å². The van der Waals surface area contributed by atoms with Gasteiger partial charge in [-0.2, -0.15) is 0 Å². The fraction of sp³-hybridized carbons (Fsp3) is 0.400. The summed E-state index contributed by atoms with van der Waals surface area (Å²) in [6.07, 6.45) is 5.13. The van der Waals surface area contributed by atoms with E-state index in [1.165, 1.54) is 47.4 Å². The minimum atomic E-state index is 0.896. The van der Waals surface area contributed by atoms with Crippen LogP contribution in [0, 0.1) is 6.92 Å². The predicted octanol–water partition coefficient (Wildman–Crippen LogP) is 3.94. The van der Waals surface area contributed by atoms with Gasteiger partial charge in [-0.05, 0) is 49.8 Å². The van der Waals surface area contributed by atoms with Gasteiger partial charge in [-0.1, -0.05) is 12.1 Å². The van der Waals surface area contributed by atoms with Crippen LogP contribution < -0.4 is 5.32 Å². The van der Waals surface area contributed by atoms with E-state index >= 15 is 0 Å². The van der Waals surface area contributed by atoms with Gasteiger partial charge in [0.25, 0.3) is 0 Å². The third kappa shape index (κ3) is 2.27. The van der Waals surface area contributed by atoms with Crippen molar-refractivity contribution in [3.63, 3.8) is 0 Å². The molecule has 3 heteroatoms. The summed E-state index contributed by atoms with van der Waals surface area (Å²) in [7, 11) is 0. The molecule has 94 valence electrons. The van der Waals surface area contributed by atoms with Crippen molar-refractivity contribution in [1.29, 1.82) is 0 Å². The highest BCUT2D eigenvalue weighted by molar-refractivity contribution is 7.09. The second kappa shape index (κ2) is 5.11. The summed E-state index contributed by atoms with van der Waals surface area (Å²) in [4.78, 5) is 5.63. The monoisotopic (exact) mass is 258 g/mol. The highest BCUT2D eigenvalue weighted by atomic mass is 32.1. The highest BCUT2D eigenvalue weighted by Gasteiger charge is 2.12. The van der Waals surface area contributed by atoms with Crippen LogP contribution >= 0.6 is 11.3 Å². The summed E-state index contributed by atoms with van der Waals surface area (Å²) in [5.41, 5.74) is 7.46. The van der Waals surface area contributed by atoms with Crippen LogP contribution in [0.1, 0.15) is 34.5 Å². The van der Waals surface area contributed by atoms with Gasteiger partial charge >= 0.3 is 0 Å². The van der Waals surface area contributed by atoms with Crippen molar-refractivity contribution in [2.24, 2.45) is 0 Å². The summed E-state index contributed by atoms with van der Waals surface area (Å²) in [5.74, 6) is 0. The van der Waals surface area contributed by atoms with Crippen molar-refractivity contribution in [2.75, 3.05) is 5.32 Å². The quantitative estimate of drug-likeness (QED) is 0.902. The highest BCUT2D eigenvalue weighted by Crippen LogP contribution is 2.28. The number of rotatable bonds is 3. The molecule has 2 nitrogen and oxygen atoms in total. The van der Waals surface area contributed by atoms with Gasteiger partial charge in [0.15, 0.2) is 0 Å². The Morgan fingerprint density at radius 1 is 1.28 bits per heavy atom. The zero-order chi connectivity index (χ0) is 12.4. The Bertz CT molecular complexity index is 545. The van der Waals surface area contributed by atoms with E-state index in [0.29, 0.717) is 0 Å². The number of thiazole rings is 1. The maximum atomic E-state index is 4.29. The molecule has 0 bridgehead atoms. The first-order valence-electron chi connectivity index (χ1n) is 6.58. The molecule has 1 aliphatic carbocycles. The van der Waals surface area contributed by atoms with Crippen LogP contribution in [-0.2, 0) is 19.4 Å². The predicted molar refractivity (Wildman–Crippen MR) is 77.3 cm³/mol. The second-order valence-corrected chi connectivity index (χ2v) is 5.80. The van der Waals surface area contributed by atoms with Gasteiger partial charge in [-0.3, -0.25) is 0 Å². The molecule has 0 spiro atoms. The van der Waals surface area contributed by atoms with E-state index in [4.69, 9.17) is 0 Å². The third-order valence-electron chi connectivity index (χ3n) is 3.68. The van der Waals surface area contributed by atoms with Crippen molar-refractivity contribution < 1.29 is 0 Å². The number of nitrogens with zero attached hydrogens (tertiary/aromatic N) is 1. The Morgan fingerprint density at radius 3 is 3.00 bits per heavy atom. The van der Waals surface area contributed by atoms with E-state index in [9.17, 15) is 0 Å². The van der Waals surface area contributed by atoms with E-state index < -0.39 is 0 Å². The molecule has 3 rings (SSSR count). The normalized spacial score (nSPS) is 14.3. The fourth-order valence-electron chi connectivity index (χ4n) is 2.62. The van der Waals surface area contributed by atoms with E-state index in [1.807, 2.05) is 5.51 Å². The van der Waals surface area contributed by atoms with Crippen LogP contribution in [-0.4, -0.2) is 4.98 Å². The number of benzene rings is 1. The molecule has 18 heavy (non-hydrogen) atoms. The molecule has 0 saturated heterocycles. The number of nitrogens with one attached hydrogen (secondary N) is 1. The number of aromatic nitrogens is 1. The molecule has 0 radical (unpaired) electrons. The van der Waals surface area contributed by atoms with Gasteiger partial charge in [-0.25, -0.2) is 4.98 Å². The Kier molecular flexibility index (Phi) is 3.33. The van der Waals surface area contributed by atoms with E-state index in [-0.39, 0.29) is 0 Å². The molecular formula is C15H18N2S. The van der Waals surface area contributed by atoms with Crippen molar-refractivity contribution in [3.8, 4) is 0 Å². The van der Waals surface area contributed by atoms with E-state index in [0.717, 1.165) is 12.2 Å². The van der Waals surface area contributed by atoms with Gasteiger partial charge < -0.3 is 5.32 Å². The van der Waals surface area contributed by atoms with Crippen LogP contribution in [0.25, 0.3) is 0 Å². The largest absolute Gasteiger partial charge is 0.380 e. The van der Waals surface area contributed by atoms with Crippen LogP contribution in [0.2, 0.25) is 0 Å². The lowest BCUT2D eigenvalue weighted by atomic mass is 9.90. The molecule has 1 aromatic carbocycles. The van der Waals surface area contributed by atoms with Crippen LogP contribution in [0.15, 0.2) is 23.7 Å². The summed E-state index contributed by atoms with van der Waals surface area (Å²) in [6.45, 7) is 2.97. The fourth-order valence-corrected chi connectivity index (χ4v) is 3.34. The Balaban J connectivity index is 1.79. The molecule has 1 aliphatic rings. The minimum absolute atomic E-state index is 0.896. The van der Waals surface area contributed by atoms with Crippen molar-refractivity contribution >= 4 is 17.0 Å². The number of hydrogen-bond acceptors (Lipinski definition) is 3. The lowest BCUT2D eigenvalue weighted by Gasteiger charge is -2.20. The van der Waals surface area contributed by atoms with Gasteiger partial charge in [0.2, 0.25) is 0 Å². The average Bonchev–Trinajstić information content (AvgIpc) is 2.82. The molecule has 0 unspecified atom stereocenters. The second-order valence-electron chi connectivity index (χ2n) is 4.86. The minimum Gasteiger partial charge on any atom is -0.380 e. The SMILES string of the molecule is Cc1ncsc1CNc1cccc2c1CCCC2. The van der Waals surface area contributed by atoms with E-state index in [1.54, 1.807) is 11.3 Å². The number of hydrogen-bond donors (Lipinski definition) is 1. The zero-order valence-electron chi connectivity index (χ0n) is 10.7. The standard InChI is InChI=1S/C15H18N2S/c1-11-15(18-10-17-11)9-16-14-8-4-6-12-5-2-3-7-13(12)14/h4,6,8,10,16H,2-3,5,7,9H2,1H3. The molecule has 0 saturated carbocycles. The average molecular weight is 258 g/mol. The molecule has 0 atom stereocenters. The topological polar surface area (TPSA) is 24.9 Å². The molecule has 0 aliphatic heterocycles. The molecular weight excluding hydrogens is 240 g/mol. The molecule has 0 fully saturated rings. The van der Waals surface area contributed by atoms with Crippen molar-refractivity contribution in [1.82, 2.24) is 4.98 Å². The zero-order valence-corrected chi connectivity index (χ0v) is 11.5. The van der Waals surface area contributed by atoms with Crippen molar-refractivity contribution in [3.05, 3.63) is 45.4 Å². The molecule has 1 N–H and O–H groups in total. The lowest BCUT2D eigenvalue weighted by molar-refractivity contribution is 0.686. The molecule has 1 heterocycles.